The van der Waals surface area contributed by atoms with Gasteiger partial charge in [-0.15, -0.1) is 0 Å². The van der Waals surface area contributed by atoms with Gasteiger partial charge in [0.05, 0.1) is 19.3 Å². The molecule has 3 atom stereocenters. The van der Waals surface area contributed by atoms with Crippen molar-refractivity contribution in [3.63, 3.8) is 0 Å². The van der Waals surface area contributed by atoms with Crippen molar-refractivity contribution in [3.05, 3.63) is 0 Å². The van der Waals surface area contributed by atoms with Crippen LogP contribution in [-0.2, 0) is 43.0 Å². The van der Waals surface area contributed by atoms with Crippen LogP contribution in [0.2, 0.25) is 0 Å². The second-order valence-corrected chi connectivity index (χ2v) is 4.98. The first-order chi connectivity index (χ1) is 13.7. The summed E-state index contributed by atoms with van der Waals surface area (Å²) in [5.74, 6) is -7.34. The molecular weight excluding hydrogens is 489 g/mol. The minimum atomic E-state index is -1.26. The zero-order valence-electron chi connectivity index (χ0n) is 16.2. The maximum absolute atomic E-state index is 10.1. The second kappa shape index (κ2) is 27.9. The number of carboxylic acid groups (broad SMARTS) is 6. The summed E-state index contributed by atoms with van der Waals surface area (Å²) in [5, 5.41) is 49.1. The molecule has 33 heavy (non-hydrogen) atoms. The third-order valence-electron chi connectivity index (χ3n) is 2.76. The molecule has 0 spiro atoms. The zero-order chi connectivity index (χ0) is 24.4. The van der Waals surface area contributed by atoms with E-state index < -0.39 is 73.4 Å². The van der Waals surface area contributed by atoms with E-state index in [9.17, 15) is 28.8 Å². The Balaban J connectivity index is -0.0000000792. The Morgan fingerprint density at radius 1 is 0.485 bits per heavy atom. The first kappa shape index (κ1) is 46.1. The fourth-order valence-electron chi connectivity index (χ4n) is 1.29. The number of hydrogen-bond acceptors (Lipinski definition) is 9. The predicted molar refractivity (Wildman–Crippen MR) is 114 cm³/mol. The number of methoxy groups -OCH3 is 3. The van der Waals surface area contributed by atoms with E-state index in [4.69, 9.17) is 30.6 Å². The van der Waals surface area contributed by atoms with Gasteiger partial charge in [-0.25, -0.2) is 14.4 Å². The molecule has 0 aromatic heterocycles. The minimum absolute atomic E-state index is 0. The van der Waals surface area contributed by atoms with Gasteiger partial charge < -0.3 is 44.8 Å². The Kier molecular flexibility index (Phi) is 39.0. The Morgan fingerprint density at radius 2 is 0.636 bits per heavy atom. The third-order valence-corrected chi connectivity index (χ3v) is 2.76. The van der Waals surface area contributed by atoms with Crippen LogP contribution in [0, 0.1) is 0 Å². The molecule has 0 saturated carbocycles. The first-order valence-corrected chi connectivity index (χ1v) is 7.65. The third kappa shape index (κ3) is 31.7. The second-order valence-electron chi connectivity index (χ2n) is 4.98. The number of rotatable bonds is 12. The molecule has 18 heteroatoms. The van der Waals surface area contributed by atoms with Gasteiger partial charge in [-0.3, -0.25) is 14.4 Å². The molecule has 6 N–H and O–H groups in total. The summed E-state index contributed by atoms with van der Waals surface area (Å²) in [6.07, 6.45) is -5.24. The van der Waals surface area contributed by atoms with Gasteiger partial charge in [0.25, 0.3) is 0 Å². The summed E-state index contributed by atoms with van der Waals surface area (Å²) in [5.41, 5.74) is 0. The van der Waals surface area contributed by atoms with E-state index in [0.29, 0.717) is 0 Å². The molecule has 0 radical (unpaired) electrons. The fraction of sp³-hybridized carbons (Fsp3) is 0.600. The van der Waals surface area contributed by atoms with E-state index in [1.165, 1.54) is 0 Å². The van der Waals surface area contributed by atoms with Crippen LogP contribution in [0.1, 0.15) is 19.3 Å². The molecule has 180 valence electrons. The van der Waals surface area contributed by atoms with Crippen LogP contribution < -0.4 is 0 Å². The first-order valence-electron chi connectivity index (χ1n) is 7.65. The van der Waals surface area contributed by atoms with Crippen molar-refractivity contribution in [2.45, 2.75) is 37.6 Å². The van der Waals surface area contributed by atoms with Crippen LogP contribution >= 0.6 is 0 Å². The average molecular weight is 516 g/mol. The molecule has 0 aliphatic rings. The molecule has 15 nitrogen and oxygen atoms in total. The number of ether oxygens (including phenoxy) is 3. The zero-order valence-corrected chi connectivity index (χ0v) is 16.2. The molecular formula is C15H27Na3O15. The molecule has 3 unspecified atom stereocenters. The van der Waals surface area contributed by atoms with Crippen molar-refractivity contribution in [2.24, 2.45) is 0 Å². The Bertz CT molecular complexity index is 518. The Hall–Kier alpha value is -0.300. The molecule has 0 aliphatic carbocycles. The standard InChI is InChI=1S/3C5H8O5.3Na.3H/c3*1-10-3(5(8)9)2-4(6)7;;;;;;/h3*3H,2H2,1H3,(H,6,7)(H,8,9);;;;;;. The SMILES string of the molecule is COC(CC(=O)O)C(=O)O.COC(CC(=O)O)C(=O)O.COC(CC(=O)O)C(=O)O.[NaH].[NaH].[NaH]. The van der Waals surface area contributed by atoms with E-state index >= 15 is 0 Å². The van der Waals surface area contributed by atoms with Gasteiger partial charge in [-0.05, 0) is 0 Å². The van der Waals surface area contributed by atoms with Gasteiger partial charge in [0.2, 0.25) is 0 Å². The maximum atomic E-state index is 10.1. The molecule has 0 saturated heterocycles. The molecule has 0 bridgehead atoms. The molecule has 0 fully saturated rings. The number of carboxylic acids is 6. The van der Waals surface area contributed by atoms with Gasteiger partial charge in [0.15, 0.2) is 18.3 Å². The van der Waals surface area contributed by atoms with Gasteiger partial charge in [-0.2, -0.15) is 0 Å². The van der Waals surface area contributed by atoms with Crippen molar-refractivity contribution in [2.75, 3.05) is 21.3 Å². The van der Waals surface area contributed by atoms with E-state index in [2.05, 4.69) is 14.2 Å². The monoisotopic (exact) mass is 516 g/mol. The van der Waals surface area contributed by atoms with Crippen molar-refractivity contribution >= 4 is 124 Å². The van der Waals surface area contributed by atoms with E-state index in [-0.39, 0.29) is 88.7 Å². The van der Waals surface area contributed by atoms with Crippen molar-refractivity contribution in [1.29, 1.82) is 0 Å². The number of hydrogen-bond donors (Lipinski definition) is 6. The topological polar surface area (TPSA) is 251 Å². The fourth-order valence-corrected chi connectivity index (χ4v) is 1.29. The summed E-state index contributed by atoms with van der Waals surface area (Å²) in [6, 6.07) is 0. The quantitative estimate of drug-likeness (QED) is 0.139. The van der Waals surface area contributed by atoms with Crippen LogP contribution in [0.3, 0.4) is 0 Å². The van der Waals surface area contributed by atoms with Crippen LogP contribution in [0.4, 0.5) is 0 Å². The molecule has 0 aromatic rings. The van der Waals surface area contributed by atoms with Crippen LogP contribution in [0.25, 0.3) is 0 Å². The molecule has 0 heterocycles. The predicted octanol–water partition coefficient (Wildman–Crippen LogP) is -3.26. The van der Waals surface area contributed by atoms with Crippen LogP contribution in [-0.4, -0.2) is 195 Å². The van der Waals surface area contributed by atoms with Crippen molar-refractivity contribution < 1.29 is 73.6 Å². The normalized spacial score (nSPS) is 11.4. The Morgan fingerprint density at radius 3 is 0.667 bits per heavy atom. The molecule has 0 amide bonds. The molecule has 0 rings (SSSR count). The summed E-state index contributed by atoms with van der Waals surface area (Å²) >= 11 is 0. The van der Waals surface area contributed by atoms with Crippen molar-refractivity contribution in [1.82, 2.24) is 0 Å². The van der Waals surface area contributed by atoms with Gasteiger partial charge in [0, 0.05) is 21.3 Å². The van der Waals surface area contributed by atoms with E-state index in [1.807, 2.05) is 0 Å². The summed E-state index contributed by atoms with van der Waals surface area (Å²) < 4.78 is 13.0. The van der Waals surface area contributed by atoms with E-state index in [0.717, 1.165) is 21.3 Å². The molecule has 0 aromatic carbocycles. The van der Waals surface area contributed by atoms with Crippen molar-refractivity contribution in [3.8, 4) is 0 Å². The van der Waals surface area contributed by atoms with Gasteiger partial charge in [-0.1, -0.05) is 0 Å². The Labute approximate surface area is 254 Å². The summed E-state index contributed by atoms with van der Waals surface area (Å²) in [7, 11) is 3.46. The van der Waals surface area contributed by atoms with E-state index in [1.54, 1.807) is 0 Å². The van der Waals surface area contributed by atoms with Gasteiger partial charge in [0.1, 0.15) is 0 Å². The molecule has 0 aliphatic heterocycles. The van der Waals surface area contributed by atoms with Crippen LogP contribution in [0.15, 0.2) is 0 Å². The number of aliphatic carboxylic acids is 6. The summed E-state index contributed by atoms with van der Waals surface area (Å²) in [6.45, 7) is 0. The van der Waals surface area contributed by atoms with Crippen LogP contribution in [0.5, 0.6) is 0 Å². The average Bonchev–Trinajstić information content (AvgIpc) is 2.61. The number of carbonyl (C=O) groups is 6. The summed E-state index contributed by atoms with van der Waals surface area (Å²) in [4.78, 5) is 60.0. The van der Waals surface area contributed by atoms with Gasteiger partial charge >= 0.3 is 124 Å².